The van der Waals surface area contributed by atoms with E-state index in [1.54, 1.807) is 0 Å². The van der Waals surface area contributed by atoms with Crippen LogP contribution in [0.5, 0.6) is 0 Å². The minimum atomic E-state index is -0.125. The summed E-state index contributed by atoms with van der Waals surface area (Å²) in [6, 6.07) is 8.63. The molecule has 1 saturated carbocycles. The van der Waals surface area contributed by atoms with Gasteiger partial charge in [-0.15, -0.1) is 0 Å². The molecule has 1 unspecified atom stereocenters. The van der Waals surface area contributed by atoms with Gasteiger partial charge in [-0.05, 0) is 36.3 Å². The topological polar surface area (TPSA) is 52.0 Å². The van der Waals surface area contributed by atoms with Crippen molar-refractivity contribution in [2.24, 2.45) is 17.4 Å². The molecule has 0 aromatic heterocycles. The van der Waals surface area contributed by atoms with Crippen LogP contribution in [0.1, 0.15) is 43.9 Å². The molecular formula is C14H22N2. The number of rotatable bonds is 4. The number of hydrogen-bond acceptors (Lipinski definition) is 2. The molecular weight excluding hydrogens is 196 g/mol. The van der Waals surface area contributed by atoms with Gasteiger partial charge >= 0.3 is 0 Å². The van der Waals surface area contributed by atoms with Crippen LogP contribution < -0.4 is 11.5 Å². The highest BCUT2D eigenvalue weighted by Crippen LogP contribution is 2.41. The van der Waals surface area contributed by atoms with Gasteiger partial charge in [0.1, 0.15) is 0 Å². The standard InChI is InChI=1S/C14H22N2/c1-10(2)9-11-3-5-12(6-4-11)13(15)14(16)7-8-14/h3-6,10,13H,7-9,15-16H2,1-2H3. The Morgan fingerprint density at radius 1 is 1.19 bits per heavy atom. The largest absolute Gasteiger partial charge is 0.323 e. The van der Waals surface area contributed by atoms with Crippen LogP contribution in [-0.4, -0.2) is 5.54 Å². The predicted octanol–water partition coefficient (Wildman–Crippen LogP) is 2.38. The zero-order chi connectivity index (χ0) is 11.8. The quantitative estimate of drug-likeness (QED) is 0.815. The van der Waals surface area contributed by atoms with E-state index in [9.17, 15) is 0 Å². The maximum absolute atomic E-state index is 6.16. The molecule has 16 heavy (non-hydrogen) atoms. The van der Waals surface area contributed by atoms with Crippen molar-refractivity contribution in [2.75, 3.05) is 0 Å². The Hall–Kier alpha value is -0.860. The van der Waals surface area contributed by atoms with E-state index < -0.39 is 0 Å². The molecule has 1 aliphatic carbocycles. The van der Waals surface area contributed by atoms with Crippen LogP contribution in [-0.2, 0) is 6.42 Å². The second kappa shape index (κ2) is 4.19. The molecule has 1 aromatic rings. The Balaban J connectivity index is 2.07. The zero-order valence-electron chi connectivity index (χ0n) is 10.2. The molecule has 1 aliphatic rings. The molecule has 0 saturated heterocycles. The van der Waals surface area contributed by atoms with Gasteiger partial charge in [0, 0.05) is 11.6 Å². The van der Waals surface area contributed by atoms with E-state index in [1.807, 2.05) is 0 Å². The second-order valence-electron chi connectivity index (χ2n) is 5.55. The van der Waals surface area contributed by atoms with Crippen LogP contribution in [0, 0.1) is 5.92 Å². The summed E-state index contributed by atoms with van der Waals surface area (Å²) >= 11 is 0. The van der Waals surface area contributed by atoms with Crippen molar-refractivity contribution in [1.29, 1.82) is 0 Å². The third kappa shape index (κ3) is 2.45. The van der Waals surface area contributed by atoms with Gasteiger partial charge < -0.3 is 11.5 Å². The lowest BCUT2D eigenvalue weighted by Gasteiger charge is -2.19. The number of benzene rings is 1. The molecule has 4 N–H and O–H groups in total. The normalized spacial score (nSPS) is 19.8. The summed E-state index contributed by atoms with van der Waals surface area (Å²) in [7, 11) is 0. The van der Waals surface area contributed by atoms with Gasteiger partial charge in [-0.3, -0.25) is 0 Å². The third-order valence-corrected chi connectivity index (χ3v) is 3.43. The van der Waals surface area contributed by atoms with Crippen LogP contribution in [0.3, 0.4) is 0 Å². The van der Waals surface area contributed by atoms with Crippen LogP contribution in [0.15, 0.2) is 24.3 Å². The number of hydrogen-bond donors (Lipinski definition) is 2. The first-order valence-electron chi connectivity index (χ1n) is 6.14. The van der Waals surface area contributed by atoms with Crippen molar-refractivity contribution < 1.29 is 0 Å². The van der Waals surface area contributed by atoms with Crippen LogP contribution in [0.4, 0.5) is 0 Å². The van der Waals surface area contributed by atoms with Gasteiger partial charge in [0.25, 0.3) is 0 Å². The molecule has 0 spiro atoms. The Morgan fingerprint density at radius 2 is 1.75 bits per heavy atom. The molecule has 2 rings (SSSR count). The Kier molecular flexibility index (Phi) is 3.04. The van der Waals surface area contributed by atoms with E-state index in [2.05, 4.69) is 38.1 Å². The summed E-state index contributed by atoms with van der Waals surface area (Å²) in [4.78, 5) is 0. The van der Waals surface area contributed by atoms with E-state index >= 15 is 0 Å². The molecule has 0 radical (unpaired) electrons. The summed E-state index contributed by atoms with van der Waals surface area (Å²) in [5.41, 5.74) is 14.7. The average molecular weight is 218 g/mol. The highest BCUT2D eigenvalue weighted by Gasteiger charge is 2.44. The first kappa shape index (κ1) is 11.6. The fourth-order valence-electron chi connectivity index (χ4n) is 2.12. The highest BCUT2D eigenvalue weighted by atomic mass is 14.9. The van der Waals surface area contributed by atoms with Crippen molar-refractivity contribution in [1.82, 2.24) is 0 Å². The summed E-state index contributed by atoms with van der Waals surface area (Å²) in [5.74, 6) is 0.698. The minimum absolute atomic E-state index is 0.000556. The van der Waals surface area contributed by atoms with Crippen LogP contribution >= 0.6 is 0 Å². The Bertz CT molecular complexity index is 350. The van der Waals surface area contributed by atoms with E-state index in [-0.39, 0.29) is 11.6 Å². The SMILES string of the molecule is CC(C)Cc1ccc(C(N)C2(N)CC2)cc1. The van der Waals surface area contributed by atoms with Crippen molar-refractivity contribution in [3.63, 3.8) is 0 Å². The first-order chi connectivity index (χ1) is 7.51. The van der Waals surface area contributed by atoms with Gasteiger partial charge in [-0.2, -0.15) is 0 Å². The third-order valence-electron chi connectivity index (χ3n) is 3.43. The maximum atomic E-state index is 6.16. The molecule has 1 aromatic carbocycles. The van der Waals surface area contributed by atoms with Gasteiger partial charge in [-0.25, -0.2) is 0 Å². The highest BCUT2D eigenvalue weighted by molar-refractivity contribution is 5.29. The summed E-state index contributed by atoms with van der Waals surface area (Å²) in [6.07, 6.45) is 3.24. The smallest absolute Gasteiger partial charge is 0.0477 e. The average Bonchev–Trinajstić information content (AvgIpc) is 2.97. The Morgan fingerprint density at radius 3 is 2.19 bits per heavy atom. The van der Waals surface area contributed by atoms with E-state index in [0.29, 0.717) is 5.92 Å². The number of nitrogens with two attached hydrogens (primary N) is 2. The predicted molar refractivity (Wildman–Crippen MR) is 68.1 cm³/mol. The molecule has 0 heterocycles. The van der Waals surface area contributed by atoms with Gasteiger partial charge in [-0.1, -0.05) is 38.1 Å². The van der Waals surface area contributed by atoms with E-state index in [4.69, 9.17) is 11.5 Å². The zero-order valence-corrected chi connectivity index (χ0v) is 10.2. The molecule has 2 nitrogen and oxygen atoms in total. The van der Waals surface area contributed by atoms with Crippen LogP contribution in [0.25, 0.3) is 0 Å². The molecule has 2 heteroatoms. The summed E-state index contributed by atoms with van der Waals surface area (Å²) in [6.45, 7) is 4.47. The molecule has 1 fully saturated rings. The van der Waals surface area contributed by atoms with E-state index in [1.165, 1.54) is 11.1 Å². The van der Waals surface area contributed by atoms with Crippen molar-refractivity contribution in [3.05, 3.63) is 35.4 Å². The maximum Gasteiger partial charge on any atom is 0.0477 e. The molecule has 1 atom stereocenters. The summed E-state index contributed by atoms with van der Waals surface area (Å²) < 4.78 is 0. The van der Waals surface area contributed by atoms with Gasteiger partial charge in [0.2, 0.25) is 0 Å². The van der Waals surface area contributed by atoms with E-state index in [0.717, 1.165) is 19.3 Å². The monoisotopic (exact) mass is 218 g/mol. The lowest BCUT2D eigenvalue weighted by molar-refractivity contribution is 0.535. The lowest BCUT2D eigenvalue weighted by atomic mass is 9.96. The lowest BCUT2D eigenvalue weighted by Crippen LogP contribution is -2.36. The second-order valence-corrected chi connectivity index (χ2v) is 5.55. The first-order valence-corrected chi connectivity index (χ1v) is 6.14. The van der Waals surface area contributed by atoms with Crippen molar-refractivity contribution in [2.45, 2.75) is 44.7 Å². The Labute approximate surface area is 98.0 Å². The fraction of sp³-hybridized carbons (Fsp3) is 0.571. The molecule has 0 aliphatic heterocycles. The molecule has 88 valence electrons. The fourth-order valence-corrected chi connectivity index (χ4v) is 2.12. The molecule has 0 amide bonds. The minimum Gasteiger partial charge on any atom is -0.323 e. The molecule has 0 bridgehead atoms. The summed E-state index contributed by atoms with van der Waals surface area (Å²) in [5, 5.41) is 0. The van der Waals surface area contributed by atoms with Gasteiger partial charge in [0.05, 0.1) is 0 Å². The van der Waals surface area contributed by atoms with Crippen molar-refractivity contribution >= 4 is 0 Å². The van der Waals surface area contributed by atoms with Crippen LogP contribution in [0.2, 0.25) is 0 Å². The van der Waals surface area contributed by atoms with Gasteiger partial charge in [0.15, 0.2) is 0 Å². The van der Waals surface area contributed by atoms with Crippen molar-refractivity contribution in [3.8, 4) is 0 Å².